The molecule has 1 aromatic heterocycles. The van der Waals surface area contributed by atoms with Crippen LogP contribution in [0.1, 0.15) is 57.5 Å². The van der Waals surface area contributed by atoms with Crippen molar-refractivity contribution < 1.29 is 24.0 Å². The first-order valence-corrected chi connectivity index (χ1v) is 13.9. The van der Waals surface area contributed by atoms with E-state index < -0.39 is 53.0 Å². The first-order chi connectivity index (χ1) is 19.8. The van der Waals surface area contributed by atoms with Crippen molar-refractivity contribution in [2.75, 3.05) is 0 Å². The number of para-hydroxylation sites is 1. The molecule has 0 unspecified atom stereocenters. The fourth-order valence-electron chi connectivity index (χ4n) is 4.36. The largest absolute Gasteiger partial charge is 0.345 e. The van der Waals surface area contributed by atoms with Crippen molar-refractivity contribution in [2.45, 2.75) is 66.2 Å². The number of ketones is 1. The summed E-state index contributed by atoms with van der Waals surface area (Å²) in [6.45, 7) is 10.5. The van der Waals surface area contributed by atoms with Gasteiger partial charge in [-0.3, -0.25) is 29.0 Å². The molecule has 10 heteroatoms. The van der Waals surface area contributed by atoms with Gasteiger partial charge >= 0.3 is 0 Å². The van der Waals surface area contributed by atoms with E-state index in [0.29, 0.717) is 16.5 Å². The molecule has 0 bridgehead atoms. The lowest BCUT2D eigenvalue weighted by atomic mass is 9.85. The third-order valence-electron chi connectivity index (χ3n) is 6.82. The van der Waals surface area contributed by atoms with Crippen molar-refractivity contribution in [3.8, 4) is 0 Å². The van der Waals surface area contributed by atoms with Gasteiger partial charge in [-0.2, -0.15) is 0 Å². The number of aromatic nitrogens is 1. The molecule has 1 heterocycles. The number of fused-ring (bicyclic) bond motifs is 1. The first-order valence-electron chi connectivity index (χ1n) is 13.9. The Morgan fingerprint density at radius 3 is 2.07 bits per heavy atom. The summed E-state index contributed by atoms with van der Waals surface area (Å²) in [6, 6.07) is 14.8. The Labute approximate surface area is 246 Å². The van der Waals surface area contributed by atoms with Gasteiger partial charge in [0.15, 0.2) is 0 Å². The number of nitrogens with one attached hydrogen (secondary N) is 4. The number of carbonyl (C=O) groups excluding carboxylic acids is 5. The van der Waals surface area contributed by atoms with Crippen molar-refractivity contribution in [3.05, 3.63) is 78.0 Å². The Bertz CT molecular complexity index is 1440. The van der Waals surface area contributed by atoms with E-state index in [0.717, 1.165) is 5.56 Å². The maximum absolute atomic E-state index is 13.4. The SMILES string of the molecule is CC(C)[C@H](NC(=O)[C@H](C)NC(=O)[C@@H](NC(=O)c1ccnc2ccccc12)C(C)(C)C)C(=O)C(=O)NCc1ccccc1. The molecule has 0 spiro atoms. The number of hydrogen-bond donors (Lipinski definition) is 4. The van der Waals surface area contributed by atoms with E-state index in [1.54, 1.807) is 58.9 Å². The van der Waals surface area contributed by atoms with Crippen molar-refractivity contribution in [3.63, 3.8) is 0 Å². The number of hydrogen-bond acceptors (Lipinski definition) is 6. The Morgan fingerprint density at radius 1 is 0.786 bits per heavy atom. The van der Waals surface area contributed by atoms with E-state index in [1.165, 1.54) is 13.1 Å². The number of pyridine rings is 1. The van der Waals surface area contributed by atoms with E-state index in [4.69, 9.17) is 0 Å². The molecule has 2 aromatic carbocycles. The highest BCUT2D eigenvalue weighted by Crippen LogP contribution is 2.22. The average molecular weight is 574 g/mol. The van der Waals surface area contributed by atoms with Crippen LogP contribution in [0.4, 0.5) is 0 Å². The normalized spacial score (nSPS) is 13.5. The van der Waals surface area contributed by atoms with Gasteiger partial charge in [0.2, 0.25) is 17.6 Å². The number of amides is 4. The van der Waals surface area contributed by atoms with Gasteiger partial charge in [0.1, 0.15) is 12.1 Å². The zero-order valence-corrected chi connectivity index (χ0v) is 24.9. The topological polar surface area (TPSA) is 146 Å². The average Bonchev–Trinajstić information content (AvgIpc) is 2.96. The summed E-state index contributed by atoms with van der Waals surface area (Å²) in [5.74, 6) is -3.63. The Kier molecular flexibility index (Phi) is 10.5. The highest BCUT2D eigenvalue weighted by molar-refractivity contribution is 6.38. The van der Waals surface area contributed by atoms with Crippen LogP contribution >= 0.6 is 0 Å². The minimum Gasteiger partial charge on any atom is -0.345 e. The van der Waals surface area contributed by atoms with Crippen LogP contribution in [0.2, 0.25) is 0 Å². The van der Waals surface area contributed by atoms with Gasteiger partial charge in [-0.05, 0) is 36.0 Å². The standard InChI is InChI=1S/C32H39N5O5/c1-19(2)25(26(38)30(41)34-18-21-12-8-7-9-13-21)36-28(39)20(3)35-31(42)27(32(4,5)6)37-29(40)23-16-17-33-24-15-11-10-14-22(23)24/h7-17,19-20,25,27H,18H2,1-6H3,(H,34,41)(H,35,42)(H,36,39)(H,37,40)/t20-,25-,27+/m0/s1. The number of carbonyl (C=O) groups is 5. The number of nitrogens with zero attached hydrogens (tertiary/aromatic N) is 1. The molecule has 0 aliphatic rings. The molecule has 4 N–H and O–H groups in total. The third kappa shape index (κ3) is 8.22. The lowest BCUT2D eigenvalue weighted by Gasteiger charge is -2.31. The van der Waals surface area contributed by atoms with Crippen LogP contribution in [0.5, 0.6) is 0 Å². The van der Waals surface area contributed by atoms with Crippen LogP contribution in [0, 0.1) is 11.3 Å². The van der Waals surface area contributed by atoms with E-state index in [-0.39, 0.29) is 12.5 Å². The van der Waals surface area contributed by atoms with E-state index >= 15 is 0 Å². The molecule has 0 saturated carbocycles. The molecular formula is C32H39N5O5. The maximum Gasteiger partial charge on any atom is 0.289 e. The summed E-state index contributed by atoms with van der Waals surface area (Å²) < 4.78 is 0. The molecule has 0 fully saturated rings. The van der Waals surface area contributed by atoms with E-state index in [2.05, 4.69) is 26.3 Å². The smallest absolute Gasteiger partial charge is 0.289 e. The van der Waals surface area contributed by atoms with Crippen LogP contribution < -0.4 is 21.3 Å². The van der Waals surface area contributed by atoms with Gasteiger partial charge in [-0.15, -0.1) is 0 Å². The first kappa shape index (κ1) is 31.9. The Morgan fingerprint density at radius 2 is 1.43 bits per heavy atom. The summed E-state index contributed by atoms with van der Waals surface area (Å²) in [7, 11) is 0. The number of rotatable bonds is 11. The second kappa shape index (κ2) is 13.8. The quantitative estimate of drug-likeness (QED) is 0.260. The van der Waals surface area contributed by atoms with E-state index in [9.17, 15) is 24.0 Å². The lowest BCUT2D eigenvalue weighted by molar-refractivity contribution is -0.141. The molecule has 3 rings (SSSR count). The molecule has 42 heavy (non-hydrogen) atoms. The highest BCUT2D eigenvalue weighted by Gasteiger charge is 2.36. The second-order valence-corrected chi connectivity index (χ2v) is 11.6. The van der Waals surface area contributed by atoms with Crippen LogP contribution in [-0.2, 0) is 25.7 Å². The molecular weight excluding hydrogens is 534 g/mol. The molecule has 4 amide bonds. The molecule has 3 aromatic rings. The minimum absolute atomic E-state index is 0.172. The van der Waals surface area contributed by atoms with Crippen LogP contribution in [0.3, 0.4) is 0 Å². The van der Waals surface area contributed by atoms with Crippen LogP contribution in [0.15, 0.2) is 66.9 Å². The predicted molar refractivity (Wildman–Crippen MR) is 160 cm³/mol. The zero-order valence-electron chi connectivity index (χ0n) is 24.9. The van der Waals surface area contributed by atoms with Gasteiger partial charge < -0.3 is 21.3 Å². The molecule has 222 valence electrons. The van der Waals surface area contributed by atoms with Gasteiger partial charge in [0, 0.05) is 18.1 Å². The van der Waals surface area contributed by atoms with Gasteiger partial charge in [-0.25, -0.2) is 0 Å². The molecule has 0 aliphatic carbocycles. The van der Waals surface area contributed by atoms with Gasteiger partial charge in [0.25, 0.3) is 11.8 Å². The van der Waals surface area contributed by atoms with Crippen LogP contribution in [0.25, 0.3) is 10.9 Å². The summed E-state index contributed by atoms with van der Waals surface area (Å²) >= 11 is 0. The highest BCUT2D eigenvalue weighted by atomic mass is 16.2. The fourth-order valence-corrected chi connectivity index (χ4v) is 4.36. The lowest BCUT2D eigenvalue weighted by Crippen LogP contribution is -2.59. The summed E-state index contributed by atoms with van der Waals surface area (Å²) in [4.78, 5) is 69.4. The number of Topliss-reactive ketones (excluding diaryl/α,β-unsaturated/α-hetero) is 1. The number of benzene rings is 2. The molecule has 3 atom stereocenters. The van der Waals surface area contributed by atoms with Crippen molar-refractivity contribution in [2.24, 2.45) is 11.3 Å². The summed E-state index contributed by atoms with van der Waals surface area (Å²) in [5, 5.41) is 11.3. The van der Waals surface area contributed by atoms with Crippen molar-refractivity contribution in [1.29, 1.82) is 0 Å². The molecule has 0 aliphatic heterocycles. The van der Waals surface area contributed by atoms with Crippen LogP contribution in [-0.4, -0.2) is 52.5 Å². The zero-order chi connectivity index (χ0) is 31.0. The second-order valence-electron chi connectivity index (χ2n) is 11.6. The fraction of sp³-hybridized carbons (Fsp3) is 0.375. The monoisotopic (exact) mass is 573 g/mol. The third-order valence-corrected chi connectivity index (χ3v) is 6.82. The summed E-state index contributed by atoms with van der Waals surface area (Å²) in [5.41, 5.74) is 1.15. The van der Waals surface area contributed by atoms with Gasteiger partial charge in [0.05, 0.1) is 17.1 Å². The summed E-state index contributed by atoms with van der Waals surface area (Å²) in [6.07, 6.45) is 1.53. The van der Waals surface area contributed by atoms with Crippen molar-refractivity contribution in [1.82, 2.24) is 26.3 Å². The van der Waals surface area contributed by atoms with E-state index in [1.807, 2.05) is 36.4 Å². The molecule has 0 radical (unpaired) electrons. The van der Waals surface area contributed by atoms with Gasteiger partial charge in [-0.1, -0.05) is 83.1 Å². The molecule has 10 nitrogen and oxygen atoms in total. The predicted octanol–water partition coefficient (Wildman–Crippen LogP) is 2.91. The maximum atomic E-state index is 13.4. The molecule has 0 saturated heterocycles. The van der Waals surface area contributed by atoms with Crippen molar-refractivity contribution >= 4 is 40.3 Å². The Hall–Kier alpha value is -4.60. The Balaban J connectivity index is 1.66. The minimum atomic E-state index is -1.09.